The van der Waals surface area contributed by atoms with Gasteiger partial charge < -0.3 is 5.11 Å². The fraction of sp³-hybridized carbons (Fsp3) is 0.375. The predicted molar refractivity (Wildman–Crippen MR) is 83.3 cm³/mol. The zero-order chi connectivity index (χ0) is 14.3. The number of aliphatic hydroxyl groups is 1. The van der Waals surface area contributed by atoms with E-state index in [0.29, 0.717) is 10.4 Å². The highest BCUT2D eigenvalue weighted by molar-refractivity contribution is 6.10. The van der Waals surface area contributed by atoms with Crippen LogP contribution in [-0.2, 0) is 0 Å². The second kappa shape index (κ2) is 4.65. The number of fused-ring (bicyclic) bond motifs is 3. The summed E-state index contributed by atoms with van der Waals surface area (Å²) in [5, 5.41) is 10.8. The van der Waals surface area contributed by atoms with Crippen molar-refractivity contribution in [3.8, 4) is 0 Å². The van der Waals surface area contributed by atoms with Crippen molar-refractivity contribution in [1.29, 1.82) is 0 Å². The number of benzene rings is 1. The standard InChI is InChI=1S/C16H20N3O/c1-11(2)9-19(3)15(10-20)18-14-8-17-13-7-5-4-6-12(13)16(14)19/h4-8,11,20H,9-10H2,1-3H3/q+1. The molecule has 1 aliphatic rings. The molecule has 0 amide bonds. The van der Waals surface area contributed by atoms with Crippen LogP contribution < -0.4 is 4.48 Å². The minimum absolute atomic E-state index is 0.0216. The molecule has 2 heterocycles. The van der Waals surface area contributed by atoms with E-state index in [1.165, 1.54) is 0 Å². The van der Waals surface area contributed by atoms with Gasteiger partial charge in [0.05, 0.1) is 30.7 Å². The second-order valence-corrected chi connectivity index (χ2v) is 5.96. The lowest BCUT2D eigenvalue weighted by atomic mass is 10.1. The lowest BCUT2D eigenvalue weighted by Gasteiger charge is -2.32. The first-order chi connectivity index (χ1) is 9.56. The second-order valence-electron chi connectivity index (χ2n) is 5.96. The molecule has 4 heteroatoms. The van der Waals surface area contributed by atoms with E-state index in [-0.39, 0.29) is 6.61 Å². The van der Waals surface area contributed by atoms with Crippen LogP contribution in [0.2, 0.25) is 0 Å². The molecule has 1 aliphatic heterocycles. The smallest absolute Gasteiger partial charge is 0.234 e. The van der Waals surface area contributed by atoms with E-state index in [1.54, 1.807) is 0 Å². The zero-order valence-electron chi connectivity index (χ0n) is 12.2. The molecular formula is C16H20N3O+. The maximum absolute atomic E-state index is 9.69. The number of para-hydroxylation sites is 1. The van der Waals surface area contributed by atoms with E-state index in [1.807, 2.05) is 24.4 Å². The molecule has 0 radical (unpaired) electrons. The van der Waals surface area contributed by atoms with Crippen molar-refractivity contribution in [3.05, 3.63) is 30.5 Å². The van der Waals surface area contributed by atoms with Crippen LogP contribution in [0.15, 0.2) is 35.5 Å². The van der Waals surface area contributed by atoms with Crippen LogP contribution in [0.4, 0.5) is 11.4 Å². The SMILES string of the molecule is CC(C)C[N+]1(C)C(CO)=Nc2cnc3ccccc3c21. The highest BCUT2D eigenvalue weighted by Gasteiger charge is 2.41. The Bertz CT molecular complexity index is 693. The van der Waals surface area contributed by atoms with Crippen LogP contribution in [0.5, 0.6) is 0 Å². The molecule has 4 nitrogen and oxygen atoms in total. The van der Waals surface area contributed by atoms with Gasteiger partial charge in [0.2, 0.25) is 5.84 Å². The number of rotatable bonds is 3. The van der Waals surface area contributed by atoms with Gasteiger partial charge in [0.25, 0.3) is 0 Å². The van der Waals surface area contributed by atoms with Crippen molar-refractivity contribution in [2.24, 2.45) is 10.9 Å². The van der Waals surface area contributed by atoms with E-state index in [4.69, 9.17) is 0 Å². The number of aliphatic hydroxyl groups excluding tert-OH is 1. The van der Waals surface area contributed by atoms with Crippen molar-refractivity contribution in [2.45, 2.75) is 13.8 Å². The van der Waals surface area contributed by atoms with Gasteiger partial charge in [0, 0.05) is 5.92 Å². The summed E-state index contributed by atoms with van der Waals surface area (Å²) >= 11 is 0. The summed E-state index contributed by atoms with van der Waals surface area (Å²) in [5.74, 6) is 1.31. The largest absolute Gasteiger partial charge is 0.384 e. The maximum atomic E-state index is 9.69. The Morgan fingerprint density at radius 3 is 2.70 bits per heavy atom. The molecule has 0 aliphatic carbocycles. The van der Waals surface area contributed by atoms with Crippen molar-refractivity contribution in [3.63, 3.8) is 0 Å². The molecular weight excluding hydrogens is 250 g/mol. The van der Waals surface area contributed by atoms with Gasteiger partial charge >= 0.3 is 0 Å². The fourth-order valence-corrected chi connectivity index (χ4v) is 3.21. The Morgan fingerprint density at radius 2 is 2.00 bits per heavy atom. The Balaban J connectivity index is 2.28. The van der Waals surface area contributed by atoms with Crippen molar-refractivity contribution < 1.29 is 5.11 Å². The van der Waals surface area contributed by atoms with E-state index >= 15 is 0 Å². The molecule has 1 unspecified atom stereocenters. The van der Waals surface area contributed by atoms with E-state index < -0.39 is 0 Å². The van der Waals surface area contributed by atoms with E-state index in [0.717, 1.165) is 34.7 Å². The summed E-state index contributed by atoms with van der Waals surface area (Å²) in [4.78, 5) is 9.07. The fourth-order valence-electron chi connectivity index (χ4n) is 3.21. The third kappa shape index (κ3) is 1.84. The van der Waals surface area contributed by atoms with Gasteiger partial charge in [-0.15, -0.1) is 0 Å². The van der Waals surface area contributed by atoms with Gasteiger partial charge in [-0.3, -0.25) is 4.98 Å². The molecule has 0 saturated carbocycles. The van der Waals surface area contributed by atoms with Gasteiger partial charge in [-0.25, -0.2) is 4.48 Å². The summed E-state index contributed by atoms with van der Waals surface area (Å²) in [6, 6.07) is 8.14. The van der Waals surface area contributed by atoms with Gasteiger partial charge in [-0.2, -0.15) is 4.99 Å². The molecule has 3 rings (SSSR count). The first kappa shape index (κ1) is 13.2. The number of amidine groups is 1. The minimum atomic E-state index is -0.0216. The van der Waals surface area contributed by atoms with E-state index in [2.05, 4.69) is 36.9 Å². The van der Waals surface area contributed by atoms with Gasteiger partial charge in [-0.1, -0.05) is 26.0 Å². The summed E-state index contributed by atoms with van der Waals surface area (Å²) in [5.41, 5.74) is 3.03. The quantitative estimate of drug-likeness (QED) is 0.872. The average molecular weight is 270 g/mol. The molecule has 2 aromatic rings. The number of aliphatic imine (C=N–C) groups is 1. The first-order valence-electron chi connectivity index (χ1n) is 6.99. The van der Waals surface area contributed by atoms with Crippen molar-refractivity contribution in [1.82, 2.24) is 9.47 Å². The average Bonchev–Trinajstić information content (AvgIpc) is 2.70. The number of hydrogen-bond donors (Lipinski definition) is 1. The zero-order valence-corrected chi connectivity index (χ0v) is 12.2. The molecule has 1 atom stereocenters. The molecule has 1 aromatic carbocycles. The topological polar surface area (TPSA) is 45.5 Å². The monoisotopic (exact) mass is 270 g/mol. The Labute approximate surface area is 119 Å². The molecule has 20 heavy (non-hydrogen) atoms. The number of pyridine rings is 1. The third-order valence-corrected chi connectivity index (χ3v) is 3.91. The number of likely N-dealkylation sites (N-methyl/N-ethyl adjacent to an activating group) is 1. The lowest BCUT2D eigenvalue weighted by molar-refractivity contribution is 0.326. The minimum Gasteiger partial charge on any atom is -0.384 e. The van der Waals surface area contributed by atoms with Gasteiger partial charge in [0.15, 0.2) is 5.69 Å². The summed E-state index contributed by atoms with van der Waals surface area (Å²) in [7, 11) is 2.13. The van der Waals surface area contributed by atoms with Crippen molar-refractivity contribution >= 4 is 28.1 Å². The number of quaternary nitrogens is 1. The normalized spacial score (nSPS) is 21.4. The number of nitrogens with zero attached hydrogens (tertiary/aromatic N) is 3. The Kier molecular flexibility index (Phi) is 3.07. The van der Waals surface area contributed by atoms with Crippen LogP contribution in [0.25, 0.3) is 10.9 Å². The lowest BCUT2D eigenvalue weighted by Crippen LogP contribution is -2.52. The highest BCUT2D eigenvalue weighted by Crippen LogP contribution is 2.44. The first-order valence-corrected chi connectivity index (χ1v) is 6.99. The molecule has 0 saturated heterocycles. The molecule has 1 N–H and O–H groups in total. The third-order valence-electron chi connectivity index (χ3n) is 3.91. The summed E-state index contributed by atoms with van der Waals surface area (Å²) in [6.45, 7) is 5.28. The predicted octanol–water partition coefficient (Wildman–Crippen LogP) is 2.86. The van der Waals surface area contributed by atoms with Crippen LogP contribution >= 0.6 is 0 Å². The molecule has 0 spiro atoms. The maximum Gasteiger partial charge on any atom is 0.234 e. The molecule has 104 valence electrons. The van der Waals surface area contributed by atoms with Crippen LogP contribution in [0.3, 0.4) is 0 Å². The summed E-state index contributed by atoms with van der Waals surface area (Å²) in [6.07, 6.45) is 1.82. The van der Waals surface area contributed by atoms with Gasteiger partial charge in [0.1, 0.15) is 12.3 Å². The van der Waals surface area contributed by atoms with Crippen LogP contribution in [0.1, 0.15) is 13.8 Å². The van der Waals surface area contributed by atoms with Crippen molar-refractivity contribution in [2.75, 3.05) is 20.2 Å². The molecule has 0 fully saturated rings. The van der Waals surface area contributed by atoms with E-state index in [9.17, 15) is 5.11 Å². The summed E-state index contributed by atoms with van der Waals surface area (Å²) < 4.78 is 0.576. The van der Waals surface area contributed by atoms with Gasteiger partial charge in [-0.05, 0) is 12.1 Å². The number of hydrogen-bond acceptors (Lipinski definition) is 3. The number of aromatic nitrogens is 1. The molecule has 1 aromatic heterocycles. The van der Waals surface area contributed by atoms with Crippen LogP contribution in [-0.4, -0.2) is 36.1 Å². The van der Waals surface area contributed by atoms with Crippen LogP contribution in [0, 0.1) is 5.92 Å². The Morgan fingerprint density at radius 1 is 1.25 bits per heavy atom. The highest BCUT2D eigenvalue weighted by atomic mass is 16.3. The Hall–Kier alpha value is -1.78. The molecule has 0 bridgehead atoms.